The van der Waals surface area contributed by atoms with Crippen molar-refractivity contribution in [2.24, 2.45) is 0 Å². The third kappa shape index (κ3) is 4.26. The first-order chi connectivity index (χ1) is 14.0. The molecular formula is C23H25NO5. The van der Waals surface area contributed by atoms with Gasteiger partial charge in [-0.15, -0.1) is 0 Å². The molecule has 3 rings (SSSR count). The number of benzene rings is 2. The van der Waals surface area contributed by atoms with Gasteiger partial charge in [-0.25, -0.2) is 9.59 Å². The highest BCUT2D eigenvalue weighted by Gasteiger charge is 2.45. The minimum Gasteiger partial charge on any atom is -0.504 e. The van der Waals surface area contributed by atoms with Gasteiger partial charge >= 0.3 is 12.1 Å². The monoisotopic (exact) mass is 395 g/mol. The Morgan fingerprint density at radius 1 is 1.10 bits per heavy atom. The van der Waals surface area contributed by atoms with Crippen LogP contribution in [0.1, 0.15) is 34.3 Å². The molecule has 0 aromatic heterocycles. The molecule has 1 atom stereocenters. The number of piperidine rings is 1. The van der Waals surface area contributed by atoms with E-state index in [1.807, 2.05) is 42.5 Å². The van der Waals surface area contributed by atoms with Gasteiger partial charge in [0.1, 0.15) is 0 Å². The Morgan fingerprint density at radius 3 is 2.38 bits per heavy atom. The average molecular weight is 395 g/mol. The van der Waals surface area contributed by atoms with Crippen molar-refractivity contribution in [3.63, 3.8) is 0 Å². The van der Waals surface area contributed by atoms with Crippen LogP contribution in [0.4, 0.5) is 4.79 Å². The predicted octanol–water partition coefficient (Wildman–Crippen LogP) is 4.22. The van der Waals surface area contributed by atoms with Gasteiger partial charge in [-0.3, -0.25) is 4.90 Å². The normalized spacial score (nSPS) is 20.3. The van der Waals surface area contributed by atoms with Crippen LogP contribution in [0.5, 0.6) is 0 Å². The molecule has 0 saturated carbocycles. The van der Waals surface area contributed by atoms with Crippen molar-refractivity contribution in [3.05, 3.63) is 83.1 Å². The summed E-state index contributed by atoms with van der Waals surface area (Å²) in [5, 5.41) is 10.0. The summed E-state index contributed by atoms with van der Waals surface area (Å²) in [4.78, 5) is 25.6. The van der Waals surface area contributed by atoms with Crippen LogP contribution in [-0.4, -0.2) is 42.8 Å². The number of methoxy groups -OCH3 is 2. The molecule has 1 saturated heterocycles. The smallest absolute Gasteiger partial charge is 0.408 e. The number of ether oxygens (including phenoxy) is 2. The van der Waals surface area contributed by atoms with Crippen molar-refractivity contribution in [2.75, 3.05) is 20.8 Å². The number of amides is 1. The molecule has 1 unspecified atom stereocenters. The third-order valence-corrected chi connectivity index (χ3v) is 5.39. The molecule has 1 fully saturated rings. The molecule has 1 aliphatic rings. The molecule has 6 nitrogen and oxygen atoms in total. The SMILES string of the molecule is COC=C1CCN(C(=O)O)C(Cc2ccccc2)(c2ccc(C(=O)OC)cc2)C1. The van der Waals surface area contributed by atoms with Crippen molar-refractivity contribution >= 4 is 12.1 Å². The Kier molecular flexibility index (Phi) is 6.22. The topological polar surface area (TPSA) is 76.1 Å². The van der Waals surface area contributed by atoms with E-state index in [0.717, 1.165) is 16.7 Å². The minimum absolute atomic E-state index is 0.371. The van der Waals surface area contributed by atoms with Crippen LogP contribution in [0.25, 0.3) is 0 Å². The number of carboxylic acid groups (broad SMARTS) is 1. The van der Waals surface area contributed by atoms with Crippen molar-refractivity contribution in [1.82, 2.24) is 4.90 Å². The lowest BCUT2D eigenvalue weighted by Crippen LogP contribution is -2.53. The quantitative estimate of drug-likeness (QED) is 0.606. The summed E-state index contributed by atoms with van der Waals surface area (Å²) in [5.41, 5.74) is 2.55. The van der Waals surface area contributed by atoms with Crippen LogP contribution in [-0.2, 0) is 21.4 Å². The lowest BCUT2D eigenvalue weighted by atomic mass is 9.74. The Morgan fingerprint density at radius 2 is 1.79 bits per heavy atom. The fourth-order valence-corrected chi connectivity index (χ4v) is 4.06. The average Bonchev–Trinajstić information content (AvgIpc) is 2.74. The van der Waals surface area contributed by atoms with E-state index in [0.29, 0.717) is 31.4 Å². The molecule has 1 N–H and O–H groups in total. The summed E-state index contributed by atoms with van der Waals surface area (Å²) >= 11 is 0. The fourth-order valence-electron chi connectivity index (χ4n) is 4.06. The number of nitrogens with zero attached hydrogens (tertiary/aromatic N) is 1. The Labute approximate surface area is 170 Å². The number of carbonyl (C=O) groups is 2. The molecule has 6 heteroatoms. The largest absolute Gasteiger partial charge is 0.504 e. The van der Waals surface area contributed by atoms with Crippen LogP contribution >= 0.6 is 0 Å². The van der Waals surface area contributed by atoms with E-state index in [1.54, 1.807) is 25.5 Å². The first-order valence-electron chi connectivity index (χ1n) is 9.44. The van der Waals surface area contributed by atoms with E-state index in [2.05, 4.69) is 0 Å². The minimum atomic E-state index is -0.963. The molecule has 0 radical (unpaired) electrons. The summed E-state index contributed by atoms with van der Waals surface area (Å²) in [6.45, 7) is 0.371. The maximum absolute atomic E-state index is 12.2. The third-order valence-electron chi connectivity index (χ3n) is 5.39. The van der Waals surface area contributed by atoms with Gasteiger partial charge in [0.2, 0.25) is 0 Å². The van der Waals surface area contributed by atoms with Crippen molar-refractivity contribution in [2.45, 2.75) is 24.8 Å². The molecule has 1 aliphatic heterocycles. The number of hydrogen-bond donors (Lipinski definition) is 1. The summed E-state index contributed by atoms with van der Waals surface area (Å²) in [6.07, 6.45) is 2.39. The van der Waals surface area contributed by atoms with Gasteiger partial charge in [0, 0.05) is 13.0 Å². The Balaban J connectivity index is 2.12. The van der Waals surface area contributed by atoms with Crippen molar-refractivity contribution in [1.29, 1.82) is 0 Å². The first-order valence-corrected chi connectivity index (χ1v) is 9.44. The van der Waals surface area contributed by atoms with Crippen LogP contribution in [0, 0.1) is 0 Å². The zero-order chi connectivity index (χ0) is 20.9. The molecule has 152 valence electrons. The number of likely N-dealkylation sites (tertiary alicyclic amines) is 1. The number of rotatable bonds is 5. The van der Waals surface area contributed by atoms with E-state index in [4.69, 9.17) is 9.47 Å². The van der Waals surface area contributed by atoms with E-state index in [1.165, 1.54) is 12.0 Å². The van der Waals surface area contributed by atoms with Gasteiger partial charge in [-0.05, 0) is 41.7 Å². The number of carbonyl (C=O) groups excluding carboxylic acids is 1. The summed E-state index contributed by atoms with van der Waals surface area (Å²) in [6, 6.07) is 16.8. The van der Waals surface area contributed by atoms with Crippen molar-refractivity contribution < 1.29 is 24.2 Å². The molecule has 0 spiro atoms. The Hall–Kier alpha value is -3.28. The highest BCUT2D eigenvalue weighted by atomic mass is 16.5. The highest BCUT2D eigenvalue weighted by Crippen LogP contribution is 2.43. The molecule has 0 aliphatic carbocycles. The van der Waals surface area contributed by atoms with Gasteiger partial charge < -0.3 is 14.6 Å². The molecule has 2 aromatic carbocycles. The second kappa shape index (κ2) is 8.82. The molecular weight excluding hydrogens is 370 g/mol. The summed E-state index contributed by atoms with van der Waals surface area (Å²) in [7, 11) is 2.93. The fraction of sp³-hybridized carbons (Fsp3) is 0.304. The molecule has 2 aromatic rings. The van der Waals surface area contributed by atoms with Gasteiger partial charge in [-0.2, -0.15) is 0 Å². The lowest BCUT2D eigenvalue weighted by molar-refractivity contribution is 0.0571. The van der Waals surface area contributed by atoms with Crippen molar-refractivity contribution in [3.8, 4) is 0 Å². The molecule has 1 heterocycles. The zero-order valence-electron chi connectivity index (χ0n) is 16.6. The zero-order valence-corrected chi connectivity index (χ0v) is 16.6. The number of esters is 1. The summed E-state index contributed by atoms with van der Waals surface area (Å²) < 4.78 is 10.0. The second-order valence-electron chi connectivity index (χ2n) is 7.14. The van der Waals surface area contributed by atoms with E-state index in [-0.39, 0.29) is 0 Å². The van der Waals surface area contributed by atoms with Gasteiger partial charge in [-0.1, -0.05) is 42.5 Å². The van der Waals surface area contributed by atoms with Gasteiger partial charge in [0.25, 0.3) is 0 Å². The van der Waals surface area contributed by atoms with Gasteiger partial charge in [0.05, 0.1) is 31.6 Å². The predicted molar refractivity (Wildman–Crippen MR) is 109 cm³/mol. The van der Waals surface area contributed by atoms with E-state index >= 15 is 0 Å². The lowest BCUT2D eigenvalue weighted by Gasteiger charge is -2.47. The van der Waals surface area contributed by atoms with Crippen LogP contribution in [0.2, 0.25) is 0 Å². The van der Waals surface area contributed by atoms with Crippen LogP contribution < -0.4 is 0 Å². The first kappa shape index (κ1) is 20.5. The Bertz CT molecular complexity index is 891. The van der Waals surface area contributed by atoms with E-state index < -0.39 is 17.6 Å². The second-order valence-corrected chi connectivity index (χ2v) is 7.14. The van der Waals surface area contributed by atoms with E-state index in [9.17, 15) is 14.7 Å². The summed E-state index contributed by atoms with van der Waals surface area (Å²) in [5.74, 6) is -0.424. The van der Waals surface area contributed by atoms with Gasteiger partial charge in [0.15, 0.2) is 0 Å². The molecule has 0 bridgehead atoms. The van der Waals surface area contributed by atoms with Crippen LogP contribution in [0.15, 0.2) is 66.4 Å². The highest BCUT2D eigenvalue weighted by molar-refractivity contribution is 5.89. The van der Waals surface area contributed by atoms with Crippen LogP contribution in [0.3, 0.4) is 0 Å². The molecule has 1 amide bonds. The number of hydrogen-bond acceptors (Lipinski definition) is 4. The maximum Gasteiger partial charge on any atom is 0.408 e. The maximum atomic E-state index is 12.2. The molecule has 29 heavy (non-hydrogen) atoms. The standard InChI is InChI=1S/C23H25NO5/c1-28-16-18-12-13-24(22(26)27)23(15-18,14-17-6-4-3-5-7-17)20-10-8-19(9-11-20)21(25)29-2/h3-11,16H,12-15H2,1-2H3,(H,26,27).